The predicted molar refractivity (Wildman–Crippen MR) is 205 cm³/mol. The van der Waals surface area contributed by atoms with E-state index in [4.69, 9.17) is 20.0 Å². The molecule has 0 aliphatic carbocycles. The lowest BCUT2D eigenvalue weighted by atomic mass is 9.98. The molecule has 0 fully saturated rings. The summed E-state index contributed by atoms with van der Waals surface area (Å²) in [7, 11) is -10.8. The van der Waals surface area contributed by atoms with Gasteiger partial charge in [0.1, 0.15) is 6.10 Å². The number of Topliss-reactive ketones (excluding diaryl/α,β-unsaturated/α-hetero) is 1. The number of nitrogens with two attached hydrogens (primary N) is 1. The minimum atomic E-state index is -5.42. The molecular formula is C38H69NO9P2. The van der Waals surface area contributed by atoms with Crippen LogP contribution in [0.5, 0.6) is 0 Å². The summed E-state index contributed by atoms with van der Waals surface area (Å²) in [5.74, 6) is -0.685. The van der Waals surface area contributed by atoms with E-state index in [1.807, 2.05) is 12.2 Å². The van der Waals surface area contributed by atoms with Crippen LogP contribution in [0.4, 0.5) is 0 Å². The standard InChI is InChI=1S/C38H69NO9P2/c1-3-5-7-9-11-13-15-17-18-19-20-22-24-26-28-30-32-34-36(41)38(47-50(45,46)48-49(42,43)44)37(39)35(40)33-31-29-27-25-23-21-16-14-12-10-8-6-4-2/h11,13,17-18,20,22,26,28,31,33,35,37-38,40H,3-10,12,14-16,19,21,23-25,27,29-30,32,34,39H2,1-2H3,(H,45,46)(H2,42,43,44)/t35-,37-,38?/m1/s1. The molecule has 10 nitrogen and oxygen atoms in total. The number of allylic oxidation sites excluding steroid dienone is 9. The monoisotopic (exact) mass is 745 g/mol. The normalized spacial score (nSPS) is 16.0. The Kier molecular flexibility index (Phi) is 31.3. The summed E-state index contributed by atoms with van der Waals surface area (Å²) in [4.78, 5) is 40.9. The van der Waals surface area contributed by atoms with Gasteiger partial charge in [0.2, 0.25) is 0 Å². The second-order valence-electron chi connectivity index (χ2n) is 12.8. The molecule has 6 N–H and O–H groups in total. The summed E-state index contributed by atoms with van der Waals surface area (Å²) in [6, 6.07) is -1.46. The van der Waals surface area contributed by atoms with Crippen LogP contribution < -0.4 is 5.73 Å². The molecule has 0 saturated heterocycles. The largest absolute Gasteiger partial charge is 0.481 e. The molecule has 0 aliphatic rings. The molecule has 0 aliphatic heterocycles. The average Bonchev–Trinajstić information content (AvgIpc) is 3.05. The van der Waals surface area contributed by atoms with Crippen molar-refractivity contribution >= 4 is 21.4 Å². The number of aliphatic hydroxyl groups is 1. The highest BCUT2D eigenvalue weighted by atomic mass is 31.3. The fourth-order valence-corrected chi connectivity index (χ4v) is 6.98. The molecule has 0 radical (unpaired) electrons. The molecule has 0 amide bonds. The van der Waals surface area contributed by atoms with Crippen LogP contribution >= 0.6 is 15.6 Å². The predicted octanol–water partition coefficient (Wildman–Crippen LogP) is 10.2. The number of aliphatic hydroxyl groups excluding tert-OH is 1. The highest BCUT2D eigenvalue weighted by Gasteiger charge is 2.40. The summed E-state index contributed by atoms with van der Waals surface area (Å²) < 4.78 is 32.2. The van der Waals surface area contributed by atoms with Gasteiger partial charge in [-0.25, -0.2) is 9.13 Å². The Labute approximate surface area is 303 Å². The van der Waals surface area contributed by atoms with Crippen molar-refractivity contribution in [2.24, 2.45) is 5.73 Å². The quantitative estimate of drug-likeness (QED) is 0.0242. The van der Waals surface area contributed by atoms with Gasteiger partial charge in [0, 0.05) is 6.42 Å². The van der Waals surface area contributed by atoms with E-state index in [-0.39, 0.29) is 6.42 Å². The van der Waals surface area contributed by atoms with Crippen molar-refractivity contribution < 1.29 is 42.5 Å². The molecular weight excluding hydrogens is 676 g/mol. The van der Waals surface area contributed by atoms with Gasteiger partial charge in [-0.15, -0.1) is 0 Å². The van der Waals surface area contributed by atoms with Crippen molar-refractivity contribution in [1.82, 2.24) is 0 Å². The van der Waals surface area contributed by atoms with Crippen molar-refractivity contribution in [3.8, 4) is 0 Å². The second-order valence-corrected chi connectivity index (χ2v) is 15.6. The van der Waals surface area contributed by atoms with E-state index in [1.165, 1.54) is 76.7 Å². The van der Waals surface area contributed by atoms with Crippen LogP contribution in [0.25, 0.3) is 0 Å². The molecule has 0 bridgehead atoms. The van der Waals surface area contributed by atoms with E-state index in [0.29, 0.717) is 19.3 Å². The minimum absolute atomic E-state index is 0.0958. The lowest BCUT2D eigenvalue weighted by Crippen LogP contribution is -2.49. The molecule has 50 heavy (non-hydrogen) atoms. The van der Waals surface area contributed by atoms with Crippen molar-refractivity contribution in [3.63, 3.8) is 0 Å². The molecule has 0 heterocycles. The number of rotatable bonds is 34. The maximum Gasteiger partial charge on any atom is 0.481 e. The van der Waals surface area contributed by atoms with Gasteiger partial charge in [-0.3, -0.25) is 9.32 Å². The van der Waals surface area contributed by atoms with Crippen molar-refractivity contribution in [3.05, 3.63) is 60.8 Å². The fraction of sp³-hybridized carbons (Fsp3) is 0.711. The third-order valence-electron chi connectivity index (χ3n) is 8.08. The summed E-state index contributed by atoms with van der Waals surface area (Å²) in [5.41, 5.74) is 6.09. The summed E-state index contributed by atoms with van der Waals surface area (Å²) in [6.45, 7) is 4.42. The van der Waals surface area contributed by atoms with E-state index in [2.05, 4.69) is 54.6 Å². The zero-order chi connectivity index (χ0) is 37.4. The zero-order valence-corrected chi connectivity index (χ0v) is 32.7. The first-order valence-corrected chi connectivity index (χ1v) is 22.0. The van der Waals surface area contributed by atoms with Crippen LogP contribution in [-0.2, 0) is 22.8 Å². The molecule has 0 aromatic carbocycles. The summed E-state index contributed by atoms with van der Waals surface area (Å²) >= 11 is 0. The number of ketones is 1. The average molecular weight is 746 g/mol. The van der Waals surface area contributed by atoms with Gasteiger partial charge in [-0.05, 0) is 57.8 Å². The number of phosphoric ester groups is 1. The Balaban J connectivity index is 4.68. The molecule has 12 heteroatoms. The SMILES string of the molecule is CCCCCC=CCC=CCC=CCC=CCCCC(=O)C(OP(=O)(O)OP(=O)(O)O)[C@H](N)[C@H](O)C=CCCCCCCCCCCCCC. The van der Waals surface area contributed by atoms with Gasteiger partial charge in [-0.1, -0.05) is 152 Å². The van der Waals surface area contributed by atoms with Gasteiger partial charge in [0.15, 0.2) is 5.78 Å². The maximum absolute atomic E-state index is 13.0. The van der Waals surface area contributed by atoms with Gasteiger partial charge >= 0.3 is 15.6 Å². The zero-order valence-electron chi connectivity index (χ0n) is 30.9. The number of carbonyl (C=O) groups excluding carboxylic acids is 1. The van der Waals surface area contributed by atoms with Crippen LogP contribution in [0.2, 0.25) is 0 Å². The van der Waals surface area contributed by atoms with Crippen LogP contribution in [-0.4, -0.2) is 43.8 Å². The van der Waals surface area contributed by atoms with Gasteiger partial charge in [-0.2, -0.15) is 4.31 Å². The topological polar surface area (TPSA) is 177 Å². The molecule has 0 rings (SSSR count). The highest BCUT2D eigenvalue weighted by Crippen LogP contribution is 2.58. The van der Waals surface area contributed by atoms with E-state index < -0.39 is 39.7 Å². The van der Waals surface area contributed by atoms with Crippen molar-refractivity contribution in [2.45, 2.75) is 173 Å². The van der Waals surface area contributed by atoms with Crippen LogP contribution in [0.3, 0.4) is 0 Å². The molecule has 0 aromatic heterocycles. The van der Waals surface area contributed by atoms with Gasteiger partial charge in [0.05, 0.1) is 12.1 Å². The van der Waals surface area contributed by atoms with Crippen LogP contribution in [0.15, 0.2) is 60.8 Å². The minimum Gasteiger partial charge on any atom is -0.387 e. The third kappa shape index (κ3) is 31.3. The first kappa shape index (κ1) is 48.5. The summed E-state index contributed by atoms with van der Waals surface area (Å²) in [5, 5.41) is 10.6. The lowest BCUT2D eigenvalue weighted by Gasteiger charge is -2.27. The number of hydrogen-bond donors (Lipinski definition) is 5. The Hall–Kier alpha value is -1.45. The first-order valence-electron chi connectivity index (χ1n) is 18.9. The lowest BCUT2D eigenvalue weighted by molar-refractivity contribution is -0.128. The molecule has 2 unspecified atom stereocenters. The van der Waals surface area contributed by atoms with E-state index in [1.54, 1.807) is 6.08 Å². The summed E-state index contributed by atoms with van der Waals surface area (Å²) in [6.07, 6.45) is 39.0. The highest BCUT2D eigenvalue weighted by molar-refractivity contribution is 7.60. The van der Waals surface area contributed by atoms with E-state index in [0.717, 1.165) is 44.9 Å². The van der Waals surface area contributed by atoms with E-state index >= 15 is 0 Å². The fourth-order valence-electron chi connectivity index (χ4n) is 5.21. The molecule has 0 aromatic rings. The molecule has 0 saturated carbocycles. The molecule has 4 atom stereocenters. The van der Waals surface area contributed by atoms with E-state index in [9.17, 15) is 23.9 Å². The van der Waals surface area contributed by atoms with Crippen molar-refractivity contribution in [2.75, 3.05) is 0 Å². The van der Waals surface area contributed by atoms with Crippen LogP contribution in [0, 0.1) is 0 Å². The Bertz CT molecular complexity index is 1080. The second kappa shape index (κ2) is 32.2. The Morgan fingerprint density at radius 3 is 1.52 bits per heavy atom. The first-order chi connectivity index (χ1) is 23.9. The van der Waals surface area contributed by atoms with Gasteiger partial charge < -0.3 is 25.5 Å². The molecule has 290 valence electrons. The Morgan fingerprint density at radius 2 is 1.02 bits per heavy atom. The smallest absolute Gasteiger partial charge is 0.387 e. The number of carbonyl (C=O) groups is 1. The third-order valence-corrected chi connectivity index (χ3v) is 10.2. The van der Waals surface area contributed by atoms with Gasteiger partial charge in [0.25, 0.3) is 0 Å². The maximum atomic E-state index is 13.0. The van der Waals surface area contributed by atoms with Crippen molar-refractivity contribution in [1.29, 1.82) is 0 Å². The number of unbranched alkanes of at least 4 members (excludes halogenated alkanes) is 15. The Morgan fingerprint density at radius 1 is 0.620 bits per heavy atom. The number of hydrogen-bond acceptors (Lipinski definition) is 7. The molecule has 0 spiro atoms. The number of phosphoric acid groups is 2. The van der Waals surface area contributed by atoms with Crippen LogP contribution in [0.1, 0.15) is 155 Å².